The minimum absolute atomic E-state index is 0.0453. The summed E-state index contributed by atoms with van der Waals surface area (Å²) in [6, 6.07) is 1.03. The zero-order valence-corrected chi connectivity index (χ0v) is 17.2. The van der Waals surface area contributed by atoms with Crippen LogP contribution in [0.1, 0.15) is 12.8 Å². The van der Waals surface area contributed by atoms with E-state index in [0.717, 1.165) is 18.6 Å². The third-order valence-corrected chi connectivity index (χ3v) is 7.98. The predicted octanol–water partition coefficient (Wildman–Crippen LogP) is 1.23. The van der Waals surface area contributed by atoms with Gasteiger partial charge in [0.25, 0.3) is 0 Å². The van der Waals surface area contributed by atoms with Crippen LogP contribution in [0.3, 0.4) is 0 Å². The number of carbonyl (C=O) groups excluding carboxylic acids is 2. The summed E-state index contributed by atoms with van der Waals surface area (Å²) in [5.41, 5.74) is 0. The molecule has 8 heteroatoms. The van der Waals surface area contributed by atoms with E-state index in [0.29, 0.717) is 19.0 Å². The van der Waals surface area contributed by atoms with E-state index in [1.165, 1.54) is 6.04 Å². The van der Waals surface area contributed by atoms with Gasteiger partial charge in [0.1, 0.15) is 12.2 Å². The van der Waals surface area contributed by atoms with Gasteiger partial charge in [0.2, 0.25) is 11.8 Å². The van der Waals surface area contributed by atoms with E-state index >= 15 is 0 Å². The molecule has 2 N–H and O–H groups in total. The van der Waals surface area contributed by atoms with E-state index in [9.17, 15) is 9.59 Å². The van der Waals surface area contributed by atoms with Crippen LogP contribution in [-0.2, 0) is 19.1 Å². The molecule has 4 atom stereocenters. The van der Waals surface area contributed by atoms with E-state index in [1.54, 1.807) is 11.8 Å². The monoisotopic (exact) mass is 386 g/mol. The van der Waals surface area contributed by atoms with Crippen LogP contribution in [0.4, 0.5) is 0 Å². The van der Waals surface area contributed by atoms with Gasteiger partial charge in [-0.25, -0.2) is 0 Å². The number of carbonyl (C=O) groups is 2. The lowest BCUT2D eigenvalue weighted by atomic mass is 10.1. The molecule has 0 aromatic heterocycles. The molecule has 1 aliphatic carbocycles. The molecule has 0 unspecified atom stereocenters. The summed E-state index contributed by atoms with van der Waals surface area (Å²) in [5.74, 6) is 1.87. The number of fused-ring (bicyclic) bond motifs is 1. The van der Waals surface area contributed by atoms with Crippen molar-refractivity contribution >= 4 is 31.7 Å². The molecule has 3 fully saturated rings. The Balaban J connectivity index is 1.38. The smallest absolute Gasteiger partial charge is 0.230 e. The molecule has 2 heterocycles. The van der Waals surface area contributed by atoms with Crippen molar-refractivity contribution in [1.82, 2.24) is 10.6 Å². The minimum Gasteiger partial charge on any atom is -0.371 e. The van der Waals surface area contributed by atoms with Gasteiger partial charge in [-0.15, -0.1) is 0 Å². The lowest BCUT2D eigenvalue weighted by Gasteiger charge is -2.18. The number of hydrogen-bond acceptors (Lipinski definition) is 5. The minimum atomic E-state index is -1.03. The largest absolute Gasteiger partial charge is 0.371 e. The first-order chi connectivity index (χ1) is 11.8. The first kappa shape index (κ1) is 19.2. The van der Waals surface area contributed by atoms with Gasteiger partial charge in [0, 0.05) is 14.0 Å². The molecule has 1 saturated carbocycles. The second-order valence-corrected chi connectivity index (χ2v) is 15.2. The molecule has 0 aromatic rings. The molecule has 0 bridgehead atoms. The Hall–Kier alpha value is -0.573. The van der Waals surface area contributed by atoms with Crippen molar-refractivity contribution in [3.05, 3.63) is 0 Å². The Morgan fingerprint density at radius 1 is 1.04 bits per heavy atom. The van der Waals surface area contributed by atoms with Gasteiger partial charge < -0.3 is 20.1 Å². The predicted molar refractivity (Wildman–Crippen MR) is 102 cm³/mol. The summed E-state index contributed by atoms with van der Waals surface area (Å²) in [6.45, 7) is 7.96. The first-order valence-corrected chi connectivity index (χ1v) is 14.1. The molecule has 3 aliphatic rings. The standard InChI is InChI=1S/C17H30N2O4SSi/c1-25(2,3)7-6-24-10-14(20)18-12-8-22-16-13(9-23-15(12)16)19-17(21)11-4-5-11/h11-13,15-16H,4-10H2,1-3H3,(H,18,20)(H,19,21)/t12-,13-,15+,16+/m0/s1. The number of ether oxygens (including phenoxy) is 2. The van der Waals surface area contributed by atoms with Gasteiger partial charge in [0.15, 0.2) is 0 Å². The molecule has 2 aliphatic heterocycles. The maximum atomic E-state index is 12.2. The Morgan fingerprint density at radius 3 is 2.20 bits per heavy atom. The number of nitrogens with one attached hydrogen (secondary N) is 2. The zero-order chi connectivity index (χ0) is 18.0. The molecule has 2 amide bonds. The Bertz CT molecular complexity index is 509. The molecular weight excluding hydrogens is 356 g/mol. The van der Waals surface area contributed by atoms with Crippen molar-refractivity contribution < 1.29 is 19.1 Å². The second-order valence-electron chi connectivity index (χ2n) is 8.52. The van der Waals surface area contributed by atoms with Crippen molar-refractivity contribution in [2.45, 2.75) is 62.8 Å². The van der Waals surface area contributed by atoms with E-state index in [1.807, 2.05) is 0 Å². The molecule has 0 spiro atoms. The maximum Gasteiger partial charge on any atom is 0.230 e. The third kappa shape index (κ3) is 5.45. The van der Waals surface area contributed by atoms with Crippen LogP contribution >= 0.6 is 11.8 Å². The average Bonchev–Trinajstić information content (AvgIpc) is 3.20. The number of thioether (sulfide) groups is 1. The highest BCUT2D eigenvalue weighted by atomic mass is 32.2. The van der Waals surface area contributed by atoms with Gasteiger partial charge in [-0.3, -0.25) is 9.59 Å². The van der Waals surface area contributed by atoms with Crippen LogP contribution in [0, 0.1) is 5.92 Å². The number of hydrogen-bond donors (Lipinski definition) is 2. The first-order valence-electron chi connectivity index (χ1n) is 9.24. The van der Waals surface area contributed by atoms with Gasteiger partial charge in [-0.05, 0) is 24.6 Å². The molecule has 142 valence electrons. The van der Waals surface area contributed by atoms with Crippen molar-refractivity contribution in [2.24, 2.45) is 5.92 Å². The topological polar surface area (TPSA) is 76.7 Å². The highest BCUT2D eigenvalue weighted by Gasteiger charge is 2.49. The lowest BCUT2D eigenvalue weighted by molar-refractivity contribution is -0.123. The Labute approximate surface area is 155 Å². The van der Waals surface area contributed by atoms with Crippen LogP contribution < -0.4 is 10.6 Å². The Morgan fingerprint density at radius 2 is 1.64 bits per heavy atom. The summed E-state index contributed by atoms with van der Waals surface area (Å²) in [4.78, 5) is 24.1. The normalized spacial score (nSPS) is 31.6. The van der Waals surface area contributed by atoms with E-state index in [2.05, 4.69) is 30.3 Å². The fourth-order valence-corrected chi connectivity index (χ4v) is 6.62. The number of amides is 2. The van der Waals surface area contributed by atoms with E-state index < -0.39 is 8.07 Å². The van der Waals surface area contributed by atoms with Crippen molar-refractivity contribution in [3.63, 3.8) is 0 Å². The summed E-state index contributed by atoms with van der Waals surface area (Å²) >= 11 is 1.70. The van der Waals surface area contributed by atoms with Crippen molar-refractivity contribution in [1.29, 1.82) is 0 Å². The third-order valence-electron chi connectivity index (χ3n) is 4.91. The number of rotatable bonds is 8. The molecule has 6 nitrogen and oxygen atoms in total. The average molecular weight is 387 g/mol. The maximum absolute atomic E-state index is 12.2. The summed E-state index contributed by atoms with van der Waals surface area (Å²) in [5, 5.41) is 6.09. The zero-order valence-electron chi connectivity index (χ0n) is 15.4. The van der Waals surface area contributed by atoms with Crippen LogP contribution in [0.5, 0.6) is 0 Å². The molecule has 0 aromatic carbocycles. The fourth-order valence-electron chi connectivity index (χ4n) is 3.18. The van der Waals surface area contributed by atoms with Gasteiger partial charge in [0.05, 0.1) is 31.1 Å². The van der Waals surface area contributed by atoms with Crippen LogP contribution in [0.2, 0.25) is 25.7 Å². The SMILES string of the molecule is C[Si](C)(C)CCSCC(=O)N[C@H]1CO[C@H]2[C@@H]1OC[C@@H]2NC(=O)C1CC1. The van der Waals surface area contributed by atoms with E-state index in [4.69, 9.17) is 9.47 Å². The molecule has 25 heavy (non-hydrogen) atoms. The van der Waals surface area contributed by atoms with Gasteiger partial charge in [-0.2, -0.15) is 11.8 Å². The lowest BCUT2D eigenvalue weighted by Crippen LogP contribution is -2.47. The highest BCUT2D eigenvalue weighted by Crippen LogP contribution is 2.31. The van der Waals surface area contributed by atoms with Crippen molar-refractivity contribution in [2.75, 3.05) is 24.7 Å². The molecular formula is C17H30N2O4SSi. The molecule has 3 rings (SSSR count). The van der Waals surface area contributed by atoms with Crippen LogP contribution in [-0.4, -0.2) is 68.9 Å². The van der Waals surface area contributed by atoms with Crippen LogP contribution in [0.25, 0.3) is 0 Å². The summed E-state index contributed by atoms with van der Waals surface area (Å²) < 4.78 is 11.6. The quantitative estimate of drug-likeness (QED) is 0.485. The van der Waals surface area contributed by atoms with E-state index in [-0.39, 0.29) is 42.0 Å². The molecule has 0 radical (unpaired) electrons. The Kier molecular flexibility index (Phi) is 6.13. The summed E-state index contributed by atoms with van der Waals surface area (Å²) in [7, 11) is -1.03. The van der Waals surface area contributed by atoms with Crippen molar-refractivity contribution in [3.8, 4) is 0 Å². The summed E-state index contributed by atoms with van der Waals surface area (Å²) in [6.07, 6.45) is 1.68. The molecule has 2 saturated heterocycles. The second kappa shape index (κ2) is 7.98. The van der Waals surface area contributed by atoms with Crippen LogP contribution in [0.15, 0.2) is 0 Å². The van der Waals surface area contributed by atoms with Gasteiger partial charge >= 0.3 is 0 Å². The highest BCUT2D eigenvalue weighted by molar-refractivity contribution is 8.00. The van der Waals surface area contributed by atoms with Gasteiger partial charge in [-0.1, -0.05) is 19.6 Å². The fraction of sp³-hybridized carbons (Fsp3) is 0.882.